The number of hydrogen-bond donors (Lipinski definition) is 1. The first kappa shape index (κ1) is 22.8. The third kappa shape index (κ3) is 3.88. The van der Waals surface area contributed by atoms with Gasteiger partial charge in [0, 0.05) is 37.6 Å². The Morgan fingerprint density at radius 1 is 1.30 bits per heavy atom. The Kier molecular flexibility index (Phi) is 5.03. The summed E-state index contributed by atoms with van der Waals surface area (Å²) in [4.78, 5) is 22.5. The molecule has 12 nitrogen and oxygen atoms in total. The van der Waals surface area contributed by atoms with Gasteiger partial charge in [-0.05, 0) is 25.1 Å². The molecule has 0 bridgehead atoms. The van der Waals surface area contributed by atoms with E-state index in [-0.39, 0.29) is 23.8 Å². The van der Waals surface area contributed by atoms with E-state index < -0.39 is 24.1 Å². The van der Waals surface area contributed by atoms with Crippen molar-refractivity contribution in [2.24, 2.45) is 7.05 Å². The Labute approximate surface area is 205 Å². The zero-order valence-electron chi connectivity index (χ0n) is 19.4. The number of amides is 1. The van der Waals surface area contributed by atoms with E-state index in [2.05, 4.69) is 35.1 Å². The number of carbonyl (C=O) groups excluding carboxylic acids is 1. The second-order valence-electron chi connectivity index (χ2n) is 8.42. The van der Waals surface area contributed by atoms with Crippen molar-refractivity contribution in [3.8, 4) is 17.2 Å². The maximum absolute atomic E-state index is 13.6. The average Bonchev–Trinajstić information content (AvgIpc) is 3.64. The smallest absolute Gasteiger partial charge is 0.412 e. The Morgan fingerprint density at radius 2 is 2.14 bits per heavy atom. The molecule has 0 unspecified atom stereocenters. The van der Waals surface area contributed by atoms with E-state index in [0.29, 0.717) is 23.4 Å². The SMILES string of the molecule is Cc1c(-c2nnc(C(=O)N3CCc4[nH]cnc4[C@@H]3c3cc4c(OC(F)(F)F)cccn4n3)o2)cnn1C. The van der Waals surface area contributed by atoms with E-state index in [9.17, 15) is 18.0 Å². The zero-order valence-corrected chi connectivity index (χ0v) is 19.4. The van der Waals surface area contributed by atoms with Crippen LogP contribution < -0.4 is 4.74 Å². The van der Waals surface area contributed by atoms with Gasteiger partial charge in [0.1, 0.15) is 11.6 Å². The minimum Gasteiger partial charge on any atom is -0.412 e. The molecule has 37 heavy (non-hydrogen) atoms. The molecular weight excluding hydrogens is 495 g/mol. The molecule has 1 N–H and O–H groups in total. The second-order valence-corrected chi connectivity index (χ2v) is 8.42. The lowest BCUT2D eigenvalue weighted by molar-refractivity contribution is -0.274. The van der Waals surface area contributed by atoms with Crippen LogP contribution in [0.3, 0.4) is 0 Å². The number of rotatable bonds is 4. The molecule has 0 saturated carbocycles. The molecule has 0 radical (unpaired) electrons. The quantitative estimate of drug-likeness (QED) is 0.388. The molecule has 1 aliphatic heterocycles. The van der Waals surface area contributed by atoms with Gasteiger partial charge in [0.15, 0.2) is 5.75 Å². The molecule has 6 heterocycles. The Balaban J connectivity index is 1.40. The number of aryl methyl sites for hydroxylation is 1. The van der Waals surface area contributed by atoms with Gasteiger partial charge in [0.05, 0.1) is 29.5 Å². The Bertz CT molecular complexity index is 1630. The van der Waals surface area contributed by atoms with Crippen molar-refractivity contribution in [2.75, 3.05) is 6.54 Å². The number of H-pyrrole nitrogens is 1. The number of aromatic amines is 1. The van der Waals surface area contributed by atoms with Gasteiger partial charge < -0.3 is 19.0 Å². The molecule has 190 valence electrons. The number of carbonyl (C=O) groups is 1. The predicted octanol–water partition coefficient (Wildman–Crippen LogP) is 2.84. The van der Waals surface area contributed by atoms with Gasteiger partial charge in [0.2, 0.25) is 0 Å². The normalized spacial score (nSPS) is 15.8. The maximum atomic E-state index is 13.6. The number of aromatic nitrogens is 8. The monoisotopic (exact) mass is 513 g/mol. The standard InChI is InChI=1S/C22H18F3N9O3/c1-11-12(9-28-32(11)2)19-29-30-20(36-19)21(35)33-7-5-13-17(27-10-26-13)18(33)14-8-15-16(37-22(23,24)25)4-3-6-34(15)31-14/h3-4,6,8-10,18H,5,7H2,1-2H3,(H,26,27)/t18-/m0/s1. The lowest BCUT2D eigenvalue weighted by Crippen LogP contribution is -2.41. The fourth-order valence-electron chi connectivity index (χ4n) is 4.40. The third-order valence-electron chi connectivity index (χ3n) is 6.25. The van der Waals surface area contributed by atoms with Gasteiger partial charge in [-0.3, -0.25) is 9.48 Å². The van der Waals surface area contributed by atoms with Crippen molar-refractivity contribution in [1.29, 1.82) is 0 Å². The van der Waals surface area contributed by atoms with Crippen LogP contribution in [-0.4, -0.2) is 63.3 Å². The molecule has 6 rings (SSSR count). The van der Waals surface area contributed by atoms with Gasteiger partial charge in [-0.25, -0.2) is 9.50 Å². The van der Waals surface area contributed by atoms with Crippen LogP contribution in [0.1, 0.15) is 39.5 Å². The van der Waals surface area contributed by atoms with E-state index in [1.807, 2.05) is 6.92 Å². The average molecular weight is 513 g/mol. The summed E-state index contributed by atoms with van der Waals surface area (Å²) < 4.78 is 51.6. The summed E-state index contributed by atoms with van der Waals surface area (Å²) in [6.07, 6.45) is 0.138. The van der Waals surface area contributed by atoms with Crippen molar-refractivity contribution in [2.45, 2.75) is 25.7 Å². The maximum Gasteiger partial charge on any atom is 0.573 e. The summed E-state index contributed by atoms with van der Waals surface area (Å²) in [6.45, 7) is 2.08. The van der Waals surface area contributed by atoms with Gasteiger partial charge in [0.25, 0.3) is 5.89 Å². The highest BCUT2D eigenvalue weighted by Crippen LogP contribution is 2.36. The summed E-state index contributed by atoms with van der Waals surface area (Å²) in [7, 11) is 1.76. The largest absolute Gasteiger partial charge is 0.573 e. The minimum absolute atomic E-state index is 0.0806. The molecule has 0 spiro atoms. The van der Waals surface area contributed by atoms with E-state index >= 15 is 0 Å². The summed E-state index contributed by atoms with van der Waals surface area (Å²) in [5.74, 6) is -1.09. The van der Waals surface area contributed by atoms with Gasteiger partial charge in [-0.1, -0.05) is 0 Å². The number of hydrogen-bond acceptors (Lipinski definition) is 8. The molecule has 1 atom stereocenters. The Hall–Kier alpha value is -4.69. The van der Waals surface area contributed by atoms with Crippen molar-refractivity contribution in [3.63, 3.8) is 0 Å². The van der Waals surface area contributed by atoms with Crippen LogP contribution >= 0.6 is 0 Å². The molecular formula is C22H18F3N9O3. The predicted molar refractivity (Wildman–Crippen MR) is 118 cm³/mol. The van der Waals surface area contributed by atoms with Crippen LogP contribution in [0.4, 0.5) is 13.2 Å². The second kappa shape index (κ2) is 8.18. The van der Waals surface area contributed by atoms with Crippen molar-refractivity contribution >= 4 is 11.4 Å². The van der Waals surface area contributed by atoms with E-state index in [1.54, 1.807) is 17.9 Å². The highest BCUT2D eigenvalue weighted by molar-refractivity contribution is 5.90. The van der Waals surface area contributed by atoms with Gasteiger partial charge in [-0.2, -0.15) is 10.2 Å². The first-order valence-electron chi connectivity index (χ1n) is 11.1. The number of nitrogens with zero attached hydrogens (tertiary/aromatic N) is 8. The van der Waals surface area contributed by atoms with Gasteiger partial charge in [-0.15, -0.1) is 23.4 Å². The lowest BCUT2D eigenvalue weighted by Gasteiger charge is -2.32. The Morgan fingerprint density at radius 3 is 2.89 bits per heavy atom. The number of fused-ring (bicyclic) bond motifs is 2. The van der Waals surface area contributed by atoms with Crippen LogP contribution in [0.25, 0.3) is 17.0 Å². The van der Waals surface area contributed by atoms with E-state index in [0.717, 1.165) is 11.4 Å². The number of ether oxygens (including phenoxy) is 1. The van der Waals surface area contributed by atoms with Crippen LogP contribution in [0.5, 0.6) is 5.75 Å². The van der Waals surface area contributed by atoms with Crippen molar-refractivity contribution in [1.82, 2.24) is 44.5 Å². The third-order valence-corrected chi connectivity index (χ3v) is 6.25. The van der Waals surface area contributed by atoms with E-state index in [1.165, 1.54) is 40.1 Å². The number of halogens is 3. The van der Waals surface area contributed by atoms with Gasteiger partial charge >= 0.3 is 18.2 Å². The highest BCUT2D eigenvalue weighted by atomic mass is 19.4. The topological polar surface area (TPSA) is 132 Å². The van der Waals surface area contributed by atoms with E-state index in [4.69, 9.17) is 4.42 Å². The van der Waals surface area contributed by atoms with Crippen LogP contribution in [0.15, 0.2) is 41.3 Å². The summed E-state index contributed by atoms with van der Waals surface area (Å²) in [5.41, 5.74) is 3.05. The summed E-state index contributed by atoms with van der Waals surface area (Å²) >= 11 is 0. The zero-order chi connectivity index (χ0) is 25.9. The number of imidazole rings is 1. The summed E-state index contributed by atoms with van der Waals surface area (Å²) in [6, 6.07) is 3.19. The van der Waals surface area contributed by atoms with Crippen LogP contribution in [0.2, 0.25) is 0 Å². The first-order valence-corrected chi connectivity index (χ1v) is 11.1. The number of alkyl halides is 3. The van der Waals surface area contributed by atoms with Crippen LogP contribution in [-0.2, 0) is 13.5 Å². The first-order chi connectivity index (χ1) is 17.7. The molecule has 1 amide bonds. The molecule has 5 aromatic rings. The van der Waals surface area contributed by atoms with Crippen molar-refractivity contribution in [3.05, 3.63) is 65.6 Å². The van der Waals surface area contributed by atoms with Crippen molar-refractivity contribution < 1.29 is 27.1 Å². The minimum atomic E-state index is -4.88. The van der Waals surface area contributed by atoms with Crippen LogP contribution in [0, 0.1) is 6.92 Å². The number of nitrogens with one attached hydrogen (secondary N) is 1. The molecule has 0 fully saturated rings. The molecule has 0 saturated heterocycles. The summed E-state index contributed by atoms with van der Waals surface area (Å²) in [5, 5.41) is 16.5. The molecule has 5 aromatic heterocycles. The number of pyridine rings is 1. The lowest BCUT2D eigenvalue weighted by atomic mass is 9.99. The molecule has 0 aliphatic carbocycles. The molecule has 15 heteroatoms. The fourth-order valence-corrected chi connectivity index (χ4v) is 4.40. The molecule has 0 aromatic carbocycles. The highest BCUT2D eigenvalue weighted by Gasteiger charge is 2.39. The fraction of sp³-hybridized carbons (Fsp3) is 0.273. The molecule has 1 aliphatic rings.